The Kier molecular flexibility index (Phi) is 4.96. The van der Waals surface area contributed by atoms with Gasteiger partial charge >= 0.3 is 0 Å². The van der Waals surface area contributed by atoms with Crippen LogP contribution in [-0.2, 0) is 6.42 Å². The van der Waals surface area contributed by atoms with E-state index in [9.17, 15) is 5.11 Å². The zero-order valence-corrected chi connectivity index (χ0v) is 15.6. The second-order valence-electron chi connectivity index (χ2n) is 7.87. The molecule has 0 spiro atoms. The average Bonchev–Trinajstić information content (AvgIpc) is 3.24. The van der Waals surface area contributed by atoms with Crippen molar-refractivity contribution in [2.45, 2.75) is 45.3 Å². The second-order valence-corrected chi connectivity index (χ2v) is 7.87. The average molecular weight is 356 g/mol. The number of aliphatic hydroxyl groups excluding tert-OH is 1. The van der Waals surface area contributed by atoms with Gasteiger partial charge in [-0.1, -0.05) is 0 Å². The highest BCUT2D eigenvalue weighted by Crippen LogP contribution is 2.38. The molecular weight excluding hydrogens is 328 g/mol. The molecule has 140 valence electrons. The van der Waals surface area contributed by atoms with E-state index in [1.807, 2.05) is 38.4 Å². The van der Waals surface area contributed by atoms with Crippen LogP contribution in [0, 0.1) is 25.7 Å². The Bertz CT molecular complexity index is 733. The van der Waals surface area contributed by atoms with Gasteiger partial charge in [0.1, 0.15) is 11.9 Å². The zero-order chi connectivity index (χ0) is 18.1. The van der Waals surface area contributed by atoms with Crippen LogP contribution >= 0.6 is 0 Å². The molecule has 1 aliphatic heterocycles. The van der Waals surface area contributed by atoms with E-state index in [4.69, 9.17) is 4.74 Å². The molecule has 4 rings (SSSR count). The maximum absolute atomic E-state index is 10.6. The third-order valence-corrected chi connectivity index (χ3v) is 5.89. The number of H-pyrrole nitrogens is 1. The Morgan fingerprint density at radius 3 is 2.77 bits per heavy atom. The van der Waals surface area contributed by atoms with E-state index in [1.165, 1.54) is 5.56 Å². The summed E-state index contributed by atoms with van der Waals surface area (Å²) in [5, 5.41) is 17.5. The number of likely N-dealkylation sites (tertiary alicyclic amines) is 1. The van der Waals surface area contributed by atoms with Gasteiger partial charge in [0.05, 0.1) is 18.0 Å². The monoisotopic (exact) mass is 356 g/mol. The number of aromatic nitrogens is 3. The van der Waals surface area contributed by atoms with E-state index < -0.39 is 6.10 Å². The van der Waals surface area contributed by atoms with E-state index in [-0.39, 0.29) is 6.10 Å². The van der Waals surface area contributed by atoms with Gasteiger partial charge in [0, 0.05) is 31.5 Å². The Morgan fingerprint density at radius 1 is 1.23 bits per heavy atom. The van der Waals surface area contributed by atoms with Gasteiger partial charge in [-0.2, -0.15) is 5.10 Å². The standard InChI is InChI=1S/C20H28N4O2/c1-13-3-4-19(14(2)23-13)26-20-8-17-12-24(11-16(17)7-18(20)25)6-5-15-9-21-22-10-15/h3-4,9-10,16-18,20,25H,5-8,11-12H2,1-2H3,(H,21,22)/t16-,17+,18+,20+/m0/s1. The summed E-state index contributed by atoms with van der Waals surface area (Å²) in [6.07, 6.45) is 6.10. The lowest BCUT2D eigenvalue weighted by molar-refractivity contribution is -0.0236. The number of aliphatic hydroxyl groups is 1. The Balaban J connectivity index is 1.35. The molecule has 1 saturated carbocycles. The Hall–Kier alpha value is -1.92. The molecule has 3 heterocycles. The van der Waals surface area contributed by atoms with E-state index in [0.717, 1.165) is 56.0 Å². The lowest BCUT2D eigenvalue weighted by Gasteiger charge is -2.35. The summed E-state index contributed by atoms with van der Waals surface area (Å²) in [5.41, 5.74) is 3.14. The third kappa shape index (κ3) is 3.76. The van der Waals surface area contributed by atoms with Crippen molar-refractivity contribution in [3.63, 3.8) is 0 Å². The highest BCUT2D eigenvalue weighted by molar-refractivity contribution is 5.28. The van der Waals surface area contributed by atoms with Crippen molar-refractivity contribution in [1.29, 1.82) is 0 Å². The van der Waals surface area contributed by atoms with Crippen LogP contribution in [0.5, 0.6) is 5.75 Å². The second kappa shape index (κ2) is 7.37. The van der Waals surface area contributed by atoms with E-state index in [0.29, 0.717) is 11.8 Å². The van der Waals surface area contributed by atoms with Crippen LogP contribution in [0.3, 0.4) is 0 Å². The first-order valence-corrected chi connectivity index (χ1v) is 9.57. The van der Waals surface area contributed by atoms with Gasteiger partial charge in [0.25, 0.3) is 0 Å². The van der Waals surface area contributed by atoms with Gasteiger partial charge in [0.2, 0.25) is 0 Å². The third-order valence-electron chi connectivity index (χ3n) is 5.89. The molecule has 0 unspecified atom stereocenters. The molecule has 6 nitrogen and oxygen atoms in total. The van der Waals surface area contributed by atoms with Crippen LogP contribution in [0.1, 0.15) is 29.8 Å². The molecule has 2 fully saturated rings. The highest BCUT2D eigenvalue weighted by Gasteiger charge is 2.42. The van der Waals surface area contributed by atoms with Gasteiger partial charge in [-0.15, -0.1) is 0 Å². The van der Waals surface area contributed by atoms with E-state index in [2.05, 4.69) is 20.1 Å². The maximum Gasteiger partial charge on any atom is 0.141 e. The zero-order valence-electron chi connectivity index (χ0n) is 15.6. The number of fused-ring (bicyclic) bond motifs is 1. The first-order chi connectivity index (χ1) is 12.6. The minimum absolute atomic E-state index is 0.131. The molecule has 2 aromatic heterocycles. The lowest BCUT2D eigenvalue weighted by Crippen LogP contribution is -2.42. The largest absolute Gasteiger partial charge is 0.486 e. The molecule has 4 atom stereocenters. The minimum atomic E-state index is -0.397. The fourth-order valence-electron chi connectivity index (χ4n) is 4.46. The first-order valence-electron chi connectivity index (χ1n) is 9.57. The summed E-state index contributed by atoms with van der Waals surface area (Å²) >= 11 is 0. The predicted molar refractivity (Wildman–Crippen MR) is 99.1 cm³/mol. The summed E-state index contributed by atoms with van der Waals surface area (Å²) in [5.74, 6) is 1.98. The number of rotatable bonds is 5. The molecule has 0 bridgehead atoms. The lowest BCUT2D eigenvalue weighted by atomic mass is 9.78. The van der Waals surface area contributed by atoms with Gasteiger partial charge in [0.15, 0.2) is 0 Å². The highest BCUT2D eigenvalue weighted by atomic mass is 16.5. The number of ether oxygens (including phenoxy) is 1. The number of hydrogen-bond donors (Lipinski definition) is 2. The van der Waals surface area contributed by atoms with Crippen molar-refractivity contribution >= 4 is 0 Å². The number of hydrogen-bond acceptors (Lipinski definition) is 5. The molecule has 1 aliphatic carbocycles. The minimum Gasteiger partial charge on any atom is -0.486 e. The smallest absolute Gasteiger partial charge is 0.141 e. The number of pyridine rings is 1. The molecular formula is C20H28N4O2. The Labute approximate surface area is 154 Å². The number of nitrogens with zero attached hydrogens (tertiary/aromatic N) is 3. The quantitative estimate of drug-likeness (QED) is 0.858. The number of aryl methyl sites for hydroxylation is 2. The van der Waals surface area contributed by atoms with Gasteiger partial charge in [-0.25, -0.2) is 0 Å². The maximum atomic E-state index is 10.6. The van der Waals surface area contributed by atoms with Crippen molar-refractivity contribution in [3.05, 3.63) is 41.5 Å². The predicted octanol–water partition coefficient (Wildman–Crippen LogP) is 2.11. The van der Waals surface area contributed by atoms with Crippen LogP contribution in [-0.4, -0.2) is 57.0 Å². The Morgan fingerprint density at radius 2 is 2.04 bits per heavy atom. The topological polar surface area (TPSA) is 74.3 Å². The summed E-state index contributed by atoms with van der Waals surface area (Å²) in [6.45, 7) is 7.17. The van der Waals surface area contributed by atoms with Crippen molar-refractivity contribution < 1.29 is 9.84 Å². The molecule has 2 aromatic rings. The molecule has 2 aliphatic rings. The van der Waals surface area contributed by atoms with Crippen LogP contribution in [0.25, 0.3) is 0 Å². The van der Waals surface area contributed by atoms with Gasteiger partial charge in [-0.05, 0) is 62.6 Å². The molecule has 2 N–H and O–H groups in total. The van der Waals surface area contributed by atoms with Gasteiger partial charge in [-0.3, -0.25) is 10.1 Å². The van der Waals surface area contributed by atoms with Crippen molar-refractivity contribution in [2.75, 3.05) is 19.6 Å². The van der Waals surface area contributed by atoms with E-state index in [1.54, 1.807) is 0 Å². The first kappa shape index (κ1) is 17.5. The van der Waals surface area contributed by atoms with Crippen molar-refractivity contribution in [2.24, 2.45) is 11.8 Å². The summed E-state index contributed by atoms with van der Waals surface area (Å²) in [7, 11) is 0. The molecule has 0 aromatic carbocycles. The molecule has 1 saturated heterocycles. The number of aromatic amines is 1. The van der Waals surface area contributed by atoms with Crippen LogP contribution in [0.2, 0.25) is 0 Å². The SMILES string of the molecule is Cc1ccc(O[C@@H]2C[C@@H]3CN(CCc4cn[nH]c4)C[C@@H]3C[C@H]2O)c(C)n1. The van der Waals surface area contributed by atoms with Crippen LogP contribution < -0.4 is 4.74 Å². The summed E-state index contributed by atoms with van der Waals surface area (Å²) in [6, 6.07) is 3.94. The normalized spacial score (nSPS) is 28.9. The van der Waals surface area contributed by atoms with Crippen LogP contribution in [0.15, 0.2) is 24.5 Å². The van der Waals surface area contributed by atoms with Crippen molar-refractivity contribution in [1.82, 2.24) is 20.1 Å². The fourth-order valence-corrected chi connectivity index (χ4v) is 4.46. The molecule has 26 heavy (non-hydrogen) atoms. The van der Waals surface area contributed by atoms with Crippen LogP contribution in [0.4, 0.5) is 0 Å². The molecule has 0 radical (unpaired) electrons. The molecule has 6 heteroatoms. The fraction of sp³-hybridized carbons (Fsp3) is 0.600. The summed E-state index contributed by atoms with van der Waals surface area (Å²) in [4.78, 5) is 6.99. The molecule has 0 amide bonds. The van der Waals surface area contributed by atoms with Crippen molar-refractivity contribution in [3.8, 4) is 5.75 Å². The summed E-state index contributed by atoms with van der Waals surface area (Å²) < 4.78 is 6.17. The van der Waals surface area contributed by atoms with Gasteiger partial charge < -0.3 is 14.7 Å². The number of nitrogens with one attached hydrogen (secondary N) is 1. The van der Waals surface area contributed by atoms with E-state index >= 15 is 0 Å².